The van der Waals surface area contributed by atoms with Crippen LogP contribution in [0.2, 0.25) is 5.02 Å². The number of thiazole rings is 1. The van der Waals surface area contributed by atoms with Crippen LogP contribution in [0.15, 0.2) is 77.2 Å². The minimum atomic E-state index is -0.364. The summed E-state index contributed by atoms with van der Waals surface area (Å²) in [6.07, 6.45) is 0.626. The quantitative estimate of drug-likeness (QED) is 0.217. The normalized spacial score (nSPS) is 15.4. The zero-order chi connectivity index (χ0) is 23.8. The second-order valence-electron chi connectivity index (χ2n) is 8.30. The number of benzene rings is 3. The molecule has 0 bridgehead atoms. The van der Waals surface area contributed by atoms with E-state index in [9.17, 15) is 10.1 Å². The number of aromatic nitrogens is 1. The lowest BCUT2D eigenvalue weighted by atomic mass is 9.95. The van der Waals surface area contributed by atoms with Gasteiger partial charge in [-0.3, -0.25) is 10.1 Å². The Morgan fingerprint density at radius 2 is 1.88 bits per heavy atom. The average Bonchev–Trinajstić information content (AvgIpc) is 3.49. The van der Waals surface area contributed by atoms with E-state index in [0.29, 0.717) is 11.4 Å². The first-order chi connectivity index (χ1) is 16.4. The van der Waals surface area contributed by atoms with E-state index in [-0.39, 0.29) is 16.7 Å². The van der Waals surface area contributed by atoms with E-state index in [1.165, 1.54) is 17.4 Å². The molecule has 0 fully saturated rings. The lowest BCUT2D eigenvalue weighted by Gasteiger charge is -2.21. The highest BCUT2D eigenvalue weighted by molar-refractivity contribution is 7.14. The Morgan fingerprint density at radius 1 is 1.09 bits per heavy atom. The summed E-state index contributed by atoms with van der Waals surface area (Å²) in [6.45, 7) is 4.14. The van der Waals surface area contributed by atoms with Crippen LogP contribution in [0.5, 0.6) is 0 Å². The van der Waals surface area contributed by atoms with Gasteiger partial charge in [-0.05, 0) is 43.2 Å². The van der Waals surface area contributed by atoms with Crippen molar-refractivity contribution in [1.82, 2.24) is 4.98 Å². The standard InChI is InChI=1S/C26H21ClN4O2S/c1-16-6-7-17(2)22(12-16)23-14-25(19-4-3-5-21(13-19)31(32)33)30(29-23)26-28-24(15-34-26)18-8-10-20(27)11-9-18/h3-13,15,25H,14H2,1-2H3. The molecule has 1 aliphatic rings. The highest BCUT2D eigenvalue weighted by atomic mass is 35.5. The van der Waals surface area contributed by atoms with Crippen molar-refractivity contribution in [2.45, 2.75) is 26.3 Å². The Bertz CT molecular complexity index is 1410. The van der Waals surface area contributed by atoms with Gasteiger partial charge in [0, 0.05) is 40.1 Å². The van der Waals surface area contributed by atoms with Crippen LogP contribution >= 0.6 is 22.9 Å². The molecule has 0 amide bonds. The fourth-order valence-electron chi connectivity index (χ4n) is 4.12. The third-order valence-electron chi connectivity index (χ3n) is 5.91. The van der Waals surface area contributed by atoms with E-state index >= 15 is 0 Å². The van der Waals surface area contributed by atoms with Crippen molar-refractivity contribution in [3.8, 4) is 11.3 Å². The van der Waals surface area contributed by atoms with Gasteiger partial charge in [0.2, 0.25) is 5.13 Å². The van der Waals surface area contributed by atoms with Crippen LogP contribution in [0.4, 0.5) is 10.8 Å². The van der Waals surface area contributed by atoms with Gasteiger partial charge in [-0.1, -0.05) is 53.6 Å². The maximum atomic E-state index is 11.4. The van der Waals surface area contributed by atoms with Crippen molar-refractivity contribution >= 4 is 39.5 Å². The fraction of sp³-hybridized carbons (Fsp3) is 0.154. The third-order valence-corrected chi connectivity index (χ3v) is 6.99. The highest BCUT2D eigenvalue weighted by Gasteiger charge is 2.33. The van der Waals surface area contributed by atoms with E-state index in [2.05, 4.69) is 32.0 Å². The van der Waals surface area contributed by atoms with Crippen LogP contribution in [0, 0.1) is 24.0 Å². The number of hydrazone groups is 1. The van der Waals surface area contributed by atoms with Crippen LogP contribution < -0.4 is 5.01 Å². The molecule has 1 aromatic heterocycles. The van der Waals surface area contributed by atoms with Crippen LogP contribution in [0.1, 0.15) is 34.7 Å². The predicted octanol–water partition coefficient (Wildman–Crippen LogP) is 7.34. The smallest absolute Gasteiger partial charge is 0.258 e. The van der Waals surface area contributed by atoms with E-state index in [1.54, 1.807) is 12.1 Å². The third kappa shape index (κ3) is 4.32. The molecule has 0 aliphatic carbocycles. The topological polar surface area (TPSA) is 71.6 Å². The molecule has 0 N–H and O–H groups in total. The molecule has 6 nitrogen and oxygen atoms in total. The number of nitrogens with zero attached hydrogens (tertiary/aromatic N) is 4. The lowest BCUT2D eigenvalue weighted by Crippen LogP contribution is -2.18. The number of nitro benzene ring substituents is 1. The first kappa shape index (κ1) is 22.3. The van der Waals surface area contributed by atoms with Gasteiger partial charge in [-0.2, -0.15) is 5.10 Å². The number of halogens is 1. The molecule has 8 heteroatoms. The van der Waals surface area contributed by atoms with Gasteiger partial charge >= 0.3 is 0 Å². The summed E-state index contributed by atoms with van der Waals surface area (Å²) in [5, 5.41) is 21.7. The summed E-state index contributed by atoms with van der Waals surface area (Å²) in [7, 11) is 0. The molecule has 1 aliphatic heterocycles. The first-order valence-electron chi connectivity index (χ1n) is 10.8. The van der Waals surface area contributed by atoms with Gasteiger partial charge < -0.3 is 0 Å². The van der Waals surface area contributed by atoms with Crippen molar-refractivity contribution in [3.05, 3.63) is 110 Å². The van der Waals surface area contributed by atoms with Gasteiger partial charge in [-0.15, -0.1) is 11.3 Å². The van der Waals surface area contributed by atoms with E-state index in [4.69, 9.17) is 21.7 Å². The van der Waals surface area contributed by atoms with E-state index < -0.39 is 0 Å². The number of aryl methyl sites for hydroxylation is 2. The van der Waals surface area contributed by atoms with Gasteiger partial charge in [0.1, 0.15) is 0 Å². The number of nitro groups is 1. The summed E-state index contributed by atoms with van der Waals surface area (Å²) in [4.78, 5) is 15.9. The monoisotopic (exact) mass is 488 g/mol. The Hall–Kier alpha value is -3.55. The molecule has 4 aromatic rings. The van der Waals surface area contributed by atoms with E-state index in [0.717, 1.165) is 44.4 Å². The van der Waals surface area contributed by atoms with Crippen molar-refractivity contribution in [1.29, 1.82) is 0 Å². The molecule has 170 valence electrons. The summed E-state index contributed by atoms with van der Waals surface area (Å²) in [5.74, 6) is 0. The summed E-state index contributed by atoms with van der Waals surface area (Å²) in [5.41, 5.74) is 7.05. The Morgan fingerprint density at radius 3 is 2.65 bits per heavy atom. The minimum absolute atomic E-state index is 0.0682. The molecule has 0 spiro atoms. The van der Waals surface area contributed by atoms with Crippen LogP contribution in [-0.4, -0.2) is 15.6 Å². The fourth-order valence-corrected chi connectivity index (χ4v) is 5.08. The Kier molecular flexibility index (Phi) is 5.89. The molecule has 0 radical (unpaired) electrons. The largest absolute Gasteiger partial charge is 0.269 e. The number of rotatable bonds is 5. The highest BCUT2D eigenvalue weighted by Crippen LogP contribution is 2.40. The summed E-state index contributed by atoms with van der Waals surface area (Å²) < 4.78 is 0. The van der Waals surface area contributed by atoms with Crippen molar-refractivity contribution in [2.24, 2.45) is 5.10 Å². The van der Waals surface area contributed by atoms with Crippen molar-refractivity contribution < 1.29 is 4.92 Å². The molecule has 1 unspecified atom stereocenters. The molecule has 0 saturated carbocycles. The van der Waals surface area contributed by atoms with E-state index in [1.807, 2.05) is 40.7 Å². The maximum absolute atomic E-state index is 11.4. The molecule has 3 aromatic carbocycles. The summed E-state index contributed by atoms with van der Waals surface area (Å²) >= 11 is 7.54. The van der Waals surface area contributed by atoms with Gasteiger partial charge in [-0.25, -0.2) is 9.99 Å². The van der Waals surface area contributed by atoms with Gasteiger partial charge in [0.05, 0.1) is 22.4 Å². The van der Waals surface area contributed by atoms with Crippen molar-refractivity contribution in [2.75, 3.05) is 5.01 Å². The molecular weight excluding hydrogens is 468 g/mol. The van der Waals surface area contributed by atoms with Gasteiger partial charge in [0.25, 0.3) is 5.69 Å². The molecule has 5 rings (SSSR count). The molecular formula is C26H21ClN4O2S. The number of hydrogen-bond donors (Lipinski definition) is 0. The Labute approximate surface area is 206 Å². The number of non-ortho nitro benzene ring substituents is 1. The van der Waals surface area contributed by atoms with Crippen LogP contribution in [0.3, 0.4) is 0 Å². The predicted molar refractivity (Wildman–Crippen MR) is 138 cm³/mol. The maximum Gasteiger partial charge on any atom is 0.269 e. The van der Waals surface area contributed by atoms with Crippen LogP contribution in [-0.2, 0) is 0 Å². The minimum Gasteiger partial charge on any atom is -0.258 e. The zero-order valence-electron chi connectivity index (χ0n) is 18.6. The second-order valence-corrected chi connectivity index (χ2v) is 9.58. The number of hydrogen-bond acceptors (Lipinski definition) is 6. The lowest BCUT2D eigenvalue weighted by molar-refractivity contribution is -0.384. The van der Waals surface area contributed by atoms with Crippen LogP contribution in [0.25, 0.3) is 11.3 Å². The van der Waals surface area contributed by atoms with Gasteiger partial charge in [0.15, 0.2) is 0 Å². The average molecular weight is 489 g/mol. The molecule has 1 atom stereocenters. The number of anilines is 1. The second kappa shape index (κ2) is 9.00. The molecule has 0 saturated heterocycles. The Balaban J connectivity index is 1.57. The zero-order valence-corrected chi connectivity index (χ0v) is 20.2. The molecule has 2 heterocycles. The molecule has 34 heavy (non-hydrogen) atoms. The SMILES string of the molecule is Cc1ccc(C)c(C2=NN(c3nc(-c4ccc(Cl)cc4)cs3)C(c3cccc([N+](=O)[O-])c3)C2)c1. The van der Waals surface area contributed by atoms with Crippen molar-refractivity contribution in [3.63, 3.8) is 0 Å². The first-order valence-corrected chi connectivity index (χ1v) is 12.0. The summed E-state index contributed by atoms with van der Waals surface area (Å²) in [6, 6.07) is 20.5.